The van der Waals surface area contributed by atoms with Gasteiger partial charge in [-0.1, -0.05) is 12.1 Å². The van der Waals surface area contributed by atoms with Crippen molar-refractivity contribution in [2.75, 3.05) is 12.3 Å². The summed E-state index contributed by atoms with van der Waals surface area (Å²) in [5.74, 6) is 1.35. The Kier molecular flexibility index (Phi) is 4.82. The van der Waals surface area contributed by atoms with Crippen molar-refractivity contribution in [2.24, 2.45) is 0 Å². The van der Waals surface area contributed by atoms with Gasteiger partial charge in [0.05, 0.1) is 12.3 Å². The van der Waals surface area contributed by atoms with E-state index in [4.69, 9.17) is 15.2 Å². The Morgan fingerprint density at radius 2 is 1.86 bits per heavy atom. The smallest absolute Gasteiger partial charge is 0.159 e. The van der Waals surface area contributed by atoms with Gasteiger partial charge in [0.15, 0.2) is 5.78 Å². The molecule has 0 aliphatic heterocycles. The Morgan fingerprint density at radius 1 is 1.10 bits per heavy atom. The molecule has 2 N–H and O–H groups in total. The van der Waals surface area contributed by atoms with Crippen LogP contribution in [0.3, 0.4) is 0 Å². The topological polar surface area (TPSA) is 61.5 Å². The second-order valence-corrected chi connectivity index (χ2v) is 4.64. The van der Waals surface area contributed by atoms with Crippen molar-refractivity contribution in [1.82, 2.24) is 0 Å². The highest BCUT2D eigenvalue weighted by atomic mass is 16.5. The molecular weight excluding hydrogens is 266 g/mol. The average molecular weight is 285 g/mol. The van der Waals surface area contributed by atoms with Gasteiger partial charge in [-0.3, -0.25) is 4.79 Å². The maximum Gasteiger partial charge on any atom is 0.159 e. The molecule has 110 valence electrons. The van der Waals surface area contributed by atoms with E-state index in [1.54, 1.807) is 24.3 Å². The van der Waals surface area contributed by atoms with Gasteiger partial charge in [0.1, 0.15) is 18.1 Å². The number of anilines is 1. The van der Waals surface area contributed by atoms with E-state index in [1.807, 2.05) is 25.1 Å². The quantitative estimate of drug-likeness (QED) is 0.652. The molecule has 0 saturated heterocycles. The van der Waals surface area contributed by atoms with Crippen LogP contribution in [-0.2, 0) is 6.61 Å². The average Bonchev–Trinajstić information content (AvgIpc) is 2.47. The van der Waals surface area contributed by atoms with E-state index in [2.05, 4.69) is 0 Å². The fourth-order valence-electron chi connectivity index (χ4n) is 1.98. The summed E-state index contributed by atoms with van der Waals surface area (Å²) in [6.45, 7) is 4.30. The molecule has 0 amide bonds. The molecule has 0 fully saturated rings. The number of ether oxygens (including phenoxy) is 2. The van der Waals surface area contributed by atoms with Crippen molar-refractivity contribution >= 4 is 11.5 Å². The van der Waals surface area contributed by atoms with E-state index in [-0.39, 0.29) is 5.78 Å². The van der Waals surface area contributed by atoms with Crippen molar-refractivity contribution < 1.29 is 14.3 Å². The van der Waals surface area contributed by atoms with Crippen LogP contribution in [-0.4, -0.2) is 12.4 Å². The molecule has 0 aliphatic carbocycles. The van der Waals surface area contributed by atoms with Gasteiger partial charge in [0.2, 0.25) is 0 Å². The first-order chi connectivity index (χ1) is 10.1. The molecule has 0 bridgehead atoms. The summed E-state index contributed by atoms with van der Waals surface area (Å²) in [4.78, 5) is 11.5. The Bertz CT molecular complexity index is 638. The normalized spacial score (nSPS) is 10.2. The number of nitrogen functional groups attached to an aromatic ring is 1. The zero-order valence-corrected chi connectivity index (χ0v) is 12.3. The van der Waals surface area contributed by atoms with E-state index in [9.17, 15) is 4.79 Å². The monoisotopic (exact) mass is 285 g/mol. The van der Waals surface area contributed by atoms with Crippen LogP contribution >= 0.6 is 0 Å². The zero-order valence-electron chi connectivity index (χ0n) is 12.3. The number of rotatable bonds is 6. The number of benzene rings is 2. The molecule has 2 aromatic carbocycles. The number of ketones is 1. The Balaban J connectivity index is 2.22. The van der Waals surface area contributed by atoms with Crippen LogP contribution in [0, 0.1) is 0 Å². The summed E-state index contributed by atoms with van der Waals surface area (Å²) in [5.41, 5.74) is 7.89. The minimum atomic E-state index is 0.0125. The molecule has 0 radical (unpaired) electrons. The van der Waals surface area contributed by atoms with Gasteiger partial charge in [-0.2, -0.15) is 0 Å². The number of hydrogen-bond acceptors (Lipinski definition) is 4. The number of hydrogen-bond donors (Lipinski definition) is 1. The summed E-state index contributed by atoms with van der Waals surface area (Å²) in [7, 11) is 0. The van der Waals surface area contributed by atoms with Gasteiger partial charge in [-0.15, -0.1) is 0 Å². The number of carbonyl (C=O) groups is 1. The first-order valence-electron chi connectivity index (χ1n) is 6.85. The molecule has 0 spiro atoms. The fourth-order valence-corrected chi connectivity index (χ4v) is 1.98. The highest BCUT2D eigenvalue weighted by Gasteiger charge is 2.09. The molecule has 0 aliphatic rings. The van der Waals surface area contributed by atoms with Crippen molar-refractivity contribution in [3.8, 4) is 11.5 Å². The van der Waals surface area contributed by atoms with Crippen LogP contribution in [0.1, 0.15) is 29.8 Å². The van der Waals surface area contributed by atoms with Crippen LogP contribution < -0.4 is 15.2 Å². The lowest BCUT2D eigenvalue weighted by Gasteiger charge is -2.13. The zero-order chi connectivity index (χ0) is 15.2. The summed E-state index contributed by atoms with van der Waals surface area (Å²) in [5, 5.41) is 0. The molecule has 0 saturated carbocycles. The predicted molar refractivity (Wildman–Crippen MR) is 82.8 cm³/mol. The number of para-hydroxylation sites is 2. The molecule has 4 nitrogen and oxygen atoms in total. The van der Waals surface area contributed by atoms with Crippen LogP contribution in [0.4, 0.5) is 5.69 Å². The molecule has 0 atom stereocenters. The summed E-state index contributed by atoms with van der Waals surface area (Å²) in [6, 6.07) is 12.7. The predicted octanol–water partition coefficient (Wildman–Crippen LogP) is 3.45. The van der Waals surface area contributed by atoms with Crippen LogP contribution in [0.15, 0.2) is 42.5 Å². The van der Waals surface area contributed by atoms with Gasteiger partial charge in [0, 0.05) is 11.1 Å². The maximum atomic E-state index is 11.5. The lowest BCUT2D eigenvalue weighted by Crippen LogP contribution is -2.04. The van der Waals surface area contributed by atoms with Crippen molar-refractivity contribution in [1.29, 1.82) is 0 Å². The summed E-state index contributed by atoms with van der Waals surface area (Å²) in [6.07, 6.45) is 0. The minimum Gasteiger partial charge on any atom is -0.493 e. The Labute approximate surface area is 124 Å². The minimum absolute atomic E-state index is 0.0125. The van der Waals surface area contributed by atoms with Gasteiger partial charge < -0.3 is 15.2 Å². The molecule has 0 unspecified atom stereocenters. The van der Waals surface area contributed by atoms with E-state index >= 15 is 0 Å². The SMILES string of the molecule is CCOc1ccc(C(C)=O)cc1COc1ccccc1N. The van der Waals surface area contributed by atoms with Gasteiger partial charge in [-0.05, 0) is 44.2 Å². The van der Waals surface area contributed by atoms with Crippen molar-refractivity contribution in [2.45, 2.75) is 20.5 Å². The van der Waals surface area contributed by atoms with Crippen molar-refractivity contribution in [3.05, 3.63) is 53.6 Å². The van der Waals surface area contributed by atoms with Gasteiger partial charge in [0.25, 0.3) is 0 Å². The highest BCUT2D eigenvalue weighted by Crippen LogP contribution is 2.25. The Hall–Kier alpha value is -2.49. The lowest BCUT2D eigenvalue weighted by molar-refractivity contribution is 0.101. The largest absolute Gasteiger partial charge is 0.493 e. The standard InChI is InChI=1S/C17H19NO3/c1-3-20-16-9-8-13(12(2)19)10-14(16)11-21-17-7-5-4-6-15(17)18/h4-10H,3,11,18H2,1-2H3. The molecule has 2 rings (SSSR count). The third-order valence-electron chi connectivity index (χ3n) is 3.07. The Morgan fingerprint density at radius 3 is 2.52 bits per heavy atom. The molecule has 0 heterocycles. The molecular formula is C17H19NO3. The molecule has 21 heavy (non-hydrogen) atoms. The maximum absolute atomic E-state index is 11.5. The van der Waals surface area contributed by atoms with E-state index in [1.165, 1.54) is 6.92 Å². The molecule has 4 heteroatoms. The number of Topliss-reactive ketones (excluding diaryl/α,β-unsaturated/α-hetero) is 1. The third-order valence-corrected chi connectivity index (χ3v) is 3.07. The summed E-state index contributed by atoms with van der Waals surface area (Å²) >= 11 is 0. The first kappa shape index (κ1) is 14.9. The second kappa shape index (κ2) is 6.79. The van der Waals surface area contributed by atoms with E-state index < -0.39 is 0 Å². The van der Waals surface area contributed by atoms with Crippen LogP contribution in [0.2, 0.25) is 0 Å². The number of carbonyl (C=O) groups excluding carboxylic acids is 1. The van der Waals surface area contributed by atoms with E-state index in [0.717, 1.165) is 11.3 Å². The number of nitrogens with two attached hydrogens (primary N) is 1. The summed E-state index contributed by atoms with van der Waals surface area (Å²) < 4.78 is 11.3. The third kappa shape index (κ3) is 3.75. The molecule has 0 aromatic heterocycles. The van der Waals surface area contributed by atoms with Crippen molar-refractivity contribution in [3.63, 3.8) is 0 Å². The second-order valence-electron chi connectivity index (χ2n) is 4.64. The van der Waals surface area contributed by atoms with Crippen LogP contribution in [0.5, 0.6) is 11.5 Å². The fraction of sp³-hybridized carbons (Fsp3) is 0.235. The lowest BCUT2D eigenvalue weighted by atomic mass is 10.1. The highest BCUT2D eigenvalue weighted by molar-refractivity contribution is 5.94. The van der Waals surface area contributed by atoms with Crippen LogP contribution in [0.25, 0.3) is 0 Å². The first-order valence-corrected chi connectivity index (χ1v) is 6.85. The molecule has 2 aromatic rings. The van der Waals surface area contributed by atoms with Gasteiger partial charge in [-0.25, -0.2) is 0 Å². The van der Waals surface area contributed by atoms with E-state index in [0.29, 0.717) is 30.2 Å². The van der Waals surface area contributed by atoms with Gasteiger partial charge >= 0.3 is 0 Å².